The van der Waals surface area contributed by atoms with Crippen LogP contribution in [0.15, 0.2) is 5.38 Å². The van der Waals surface area contributed by atoms with E-state index < -0.39 is 0 Å². The van der Waals surface area contributed by atoms with Gasteiger partial charge in [-0.3, -0.25) is 9.69 Å². The van der Waals surface area contributed by atoms with E-state index in [1.807, 2.05) is 11.3 Å². The van der Waals surface area contributed by atoms with E-state index in [1.165, 1.54) is 49.2 Å². The third kappa shape index (κ3) is 3.20. The fourth-order valence-corrected chi connectivity index (χ4v) is 4.56. The average molecular weight is 319 g/mol. The van der Waals surface area contributed by atoms with Crippen LogP contribution in [0.3, 0.4) is 0 Å². The number of carbonyl (C=O) groups excluding carboxylic acids is 1. The molecule has 2 heterocycles. The molecule has 4 nitrogen and oxygen atoms in total. The maximum atomic E-state index is 11.9. The minimum absolute atomic E-state index is 0.249. The minimum atomic E-state index is 0.249. The number of carbonyl (C=O) groups is 1. The van der Waals surface area contributed by atoms with Gasteiger partial charge in [0.15, 0.2) is 0 Å². The van der Waals surface area contributed by atoms with Gasteiger partial charge >= 0.3 is 0 Å². The van der Waals surface area contributed by atoms with E-state index in [-0.39, 0.29) is 5.91 Å². The van der Waals surface area contributed by atoms with E-state index in [9.17, 15) is 4.79 Å². The highest BCUT2D eigenvalue weighted by atomic mass is 32.1. The van der Waals surface area contributed by atoms with Gasteiger partial charge in [-0.2, -0.15) is 0 Å². The molecule has 1 aliphatic heterocycles. The number of rotatable bonds is 6. The van der Waals surface area contributed by atoms with Crippen LogP contribution in [-0.2, 0) is 11.3 Å². The number of nitrogens with zero attached hydrogens (tertiary/aromatic N) is 3. The monoisotopic (exact) mass is 319 g/mol. The first kappa shape index (κ1) is 14.6. The zero-order chi connectivity index (χ0) is 15.1. The maximum absolute atomic E-state index is 11.9. The van der Waals surface area contributed by atoms with Gasteiger partial charge in [0.25, 0.3) is 0 Å². The number of hydrogen-bond acceptors (Lipinski definition) is 4. The van der Waals surface area contributed by atoms with Gasteiger partial charge in [0.1, 0.15) is 0 Å². The second kappa shape index (κ2) is 5.93. The summed E-state index contributed by atoms with van der Waals surface area (Å²) in [6.45, 7) is 4.75. The van der Waals surface area contributed by atoms with Crippen LogP contribution in [0.1, 0.15) is 62.1 Å². The second-order valence-electron chi connectivity index (χ2n) is 7.12. The lowest BCUT2D eigenvalue weighted by Crippen LogP contribution is -2.43. The first-order valence-corrected chi connectivity index (χ1v) is 9.54. The summed E-state index contributed by atoms with van der Waals surface area (Å²) in [6.07, 6.45) is 7.52. The Kier molecular flexibility index (Phi) is 3.95. The summed E-state index contributed by atoms with van der Waals surface area (Å²) in [5.74, 6) is 1.01. The molecule has 0 N–H and O–H groups in total. The third-order valence-electron chi connectivity index (χ3n) is 5.16. The van der Waals surface area contributed by atoms with Crippen LogP contribution < -0.4 is 0 Å². The van der Waals surface area contributed by atoms with E-state index >= 15 is 0 Å². The molecule has 0 radical (unpaired) electrons. The molecular weight excluding hydrogens is 294 g/mol. The number of aromatic nitrogens is 1. The van der Waals surface area contributed by atoms with Gasteiger partial charge in [-0.05, 0) is 45.1 Å². The molecule has 1 saturated heterocycles. The SMILES string of the molecule is CC(=O)N(CC1CCCN1Cc1csc(C2CC2)n1)C1CC1. The van der Waals surface area contributed by atoms with E-state index in [4.69, 9.17) is 4.98 Å². The zero-order valence-corrected chi connectivity index (χ0v) is 14.1. The van der Waals surface area contributed by atoms with Crippen molar-refractivity contribution in [3.05, 3.63) is 16.1 Å². The fraction of sp³-hybridized carbons (Fsp3) is 0.765. The molecule has 3 aliphatic rings. The van der Waals surface area contributed by atoms with Crippen LogP contribution in [0.2, 0.25) is 0 Å². The van der Waals surface area contributed by atoms with E-state index in [0.29, 0.717) is 12.1 Å². The average Bonchev–Trinajstić information content (AvgIpc) is 3.42. The Bertz CT molecular complexity index is 550. The quantitative estimate of drug-likeness (QED) is 0.809. The molecule has 2 saturated carbocycles. The molecule has 1 aromatic rings. The summed E-state index contributed by atoms with van der Waals surface area (Å²) in [4.78, 5) is 21.3. The number of hydrogen-bond donors (Lipinski definition) is 0. The summed E-state index contributed by atoms with van der Waals surface area (Å²) in [5, 5.41) is 3.58. The van der Waals surface area contributed by atoms with Crippen molar-refractivity contribution in [1.29, 1.82) is 0 Å². The van der Waals surface area contributed by atoms with Crippen LogP contribution in [-0.4, -0.2) is 45.9 Å². The van der Waals surface area contributed by atoms with Crippen LogP contribution in [0.5, 0.6) is 0 Å². The smallest absolute Gasteiger partial charge is 0.219 e. The maximum Gasteiger partial charge on any atom is 0.219 e. The summed E-state index contributed by atoms with van der Waals surface area (Å²) >= 11 is 1.84. The Balaban J connectivity index is 1.38. The minimum Gasteiger partial charge on any atom is -0.338 e. The molecular formula is C17H25N3OS. The van der Waals surface area contributed by atoms with E-state index in [2.05, 4.69) is 15.2 Å². The summed E-state index contributed by atoms with van der Waals surface area (Å²) < 4.78 is 0. The number of amides is 1. The molecule has 120 valence electrons. The van der Waals surface area contributed by atoms with E-state index in [0.717, 1.165) is 25.6 Å². The van der Waals surface area contributed by atoms with Crippen LogP contribution in [0.25, 0.3) is 0 Å². The van der Waals surface area contributed by atoms with Crippen molar-refractivity contribution in [1.82, 2.24) is 14.8 Å². The molecule has 3 fully saturated rings. The molecule has 1 amide bonds. The second-order valence-corrected chi connectivity index (χ2v) is 8.01. The Morgan fingerprint density at radius 2 is 2.18 bits per heavy atom. The highest BCUT2D eigenvalue weighted by Crippen LogP contribution is 2.41. The normalized spacial score (nSPS) is 25.6. The standard InChI is InChI=1S/C17H25N3OS/c1-12(21)20(15-6-7-15)10-16-3-2-8-19(16)9-14-11-22-17(18-14)13-4-5-13/h11,13,15-16H,2-10H2,1H3. The van der Waals surface area contributed by atoms with Gasteiger partial charge in [-0.15, -0.1) is 11.3 Å². The van der Waals surface area contributed by atoms with Crippen LogP contribution in [0.4, 0.5) is 0 Å². The Labute approximate surface area is 136 Å². The molecule has 1 atom stereocenters. The lowest BCUT2D eigenvalue weighted by molar-refractivity contribution is -0.130. The third-order valence-corrected chi connectivity index (χ3v) is 6.22. The number of likely N-dealkylation sites (tertiary alicyclic amines) is 1. The Hall–Kier alpha value is -0.940. The number of thiazole rings is 1. The predicted molar refractivity (Wildman–Crippen MR) is 87.9 cm³/mol. The van der Waals surface area contributed by atoms with Gasteiger partial charge in [0.05, 0.1) is 10.7 Å². The summed E-state index contributed by atoms with van der Waals surface area (Å²) in [6, 6.07) is 1.05. The fourth-order valence-electron chi connectivity index (χ4n) is 3.58. The molecule has 22 heavy (non-hydrogen) atoms. The Morgan fingerprint density at radius 1 is 1.36 bits per heavy atom. The summed E-state index contributed by atoms with van der Waals surface area (Å²) in [7, 11) is 0. The van der Waals surface area contributed by atoms with Crippen molar-refractivity contribution in [2.75, 3.05) is 13.1 Å². The van der Waals surface area contributed by atoms with Crippen molar-refractivity contribution >= 4 is 17.2 Å². The first-order valence-electron chi connectivity index (χ1n) is 8.66. The lowest BCUT2D eigenvalue weighted by Gasteiger charge is -2.30. The molecule has 1 unspecified atom stereocenters. The lowest BCUT2D eigenvalue weighted by atomic mass is 10.2. The largest absolute Gasteiger partial charge is 0.338 e. The predicted octanol–water partition coefficient (Wildman–Crippen LogP) is 3.00. The topological polar surface area (TPSA) is 36.4 Å². The molecule has 0 spiro atoms. The van der Waals surface area contributed by atoms with Gasteiger partial charge in [-0.1, -0.05) is 0 Å². The highest BCUT2D eigenvalue weighted by molar-refractivity contribution is 7.09. The molecule has 5 heteroatoms. The van der Waals surface area contributed by atoms with Crippen molar-refractivity contribution in [3.63, 3.8) is 0 Å². The van der Waals surface area contributed by atoms with Crippen LogP contribution >= 0.6 is 11.3 Å². The Morgan fingerprint density at radius 3 is 2.86 bits per heavy atom. The van der Waals surface area contributed by atoms with Gasteiger partial charge < -0.3 is 4.90 Å². The van der Waals surface area contributed by atoms with Crippen molar-refractivity contribution in [2.24, 2.45) is 0 Å². The van der Waals surface area contributed by atoms with Crippen molar-refractivity contribution in [3.8, 4) is 0 Å². The molecule has 4 rings (SSSR count). The zero-order valence-electron chi connectivity index (χ0n) is 13.3. The van der Waals surface area contributed by atoms with Crippen LogP contribution in [0, 0.1) is 0 Å². The van der Waals surface area contributed by atoms with Gasteiger partial charge in [0, 0.05) is 43.4 Å². The highest BCUT2D eigenvalue weighted by Gasteiger charge is 2.35. The molecule has 0 bridgehead atoms. The van der Waals surface area contributed by atoms with Crippen molar-refractivity contribution in [2.45, 2.75) is 70.0 Å². The summed E-state index contributed by atoms with van der Waals surface area (Å²) in [5.41, 5.74) is 1.24. The molecule has 1 aromatic heterocycles. The van der Waals surface area contributed by atoms with E-state index in [1.54, 1.807) is 6.92 Å². The first-order chi connectivity index (χ1) is 10.7. The van der Waals surface area contributed by atoms with Gasteiger partial charge in [0.2, 0.25) is 5.91 Å². The molecule has 0 aromatic carbocycles. The molecule has 2 aliphatic carbocycles. The van der Waals surface area contributed by atoms with Gasteiger partial charge in [-0.25, -0.2) is 4.98 Å². The van der Waals surface area contributed by atoms with Crippen molar-refractivity contribution < 1.29 is 4.79 Å².